The van der Waals surface area contributed by atoms with Gasteiger partial charge < -0.3 is 4.90 Å². The average Bonchev–Trinajstić information content (AvgIpc) is 3.23. The van der Waals surface area contributed by atoms with Crippen LogP contribution in [-0.2, 0) is 4.79 Å². The number of hydrogen-bond acceptors (Lipinski definition) is 4. The van der Waals surface area contributed by atoms with E-state index in [1.54, 1.807) is 11.3 Å². The summed E-state index contributed by atoms with van der Waals surface area (Å²) >= 11 is 7.96. The summed E-state index contributed by atoms with van der Waals surface area (Å²) in [5.41, 5.74) is 0.560. The van der Waals surface area contributed by atoms with Crippen molar-refractivity contribution >= 4 is 41.3 Å². The highest BCUT2D eigenvalue weighted by molar-refractivity contribution is 7.15. The standard InChI is InChI=1S/C20H24ClN3OS.ClH/c1-20(24-10-6-3-7-11-24)12-16(23(2)19(20)25)17-13-22-18(26-17)14-8-4-5-9-15(14)21;/h4-5,8-9,13,16H,3,6-7,10-12H2,1-2H3;1H. The Labute approximate surface area is 175 Å². The number of likely N-dealkylation sites (tertiary alicyclic amines) is 2. The summed E-state index contributed by atoms with van der Waals surface area (Å²) in [5.74, 6) is 0.233. The molecule has 2 aliphatic heterocycles. The van der Waals surface area contributed by atoms with Gasteiger partial charge in [-0.25, -0.2) is 4.98 Å². The molecule has 1 aromatic carbocycles. The van der Waals surface area contributed by atoms with Crippen LogP contribution >= 0.6 is 35.3 Å². The minimum absolute atomic E-state index is 0. The monoisotopic (exact) mass is 425 g/mol. The van der Waals surface area contributed by atoms with E-state index in [-0.39, 0.29) is 24.4 Å². The zero-order valence-corrected chi connectivity index (χ0v) is 18.0. The minimum atomic E-state index is -0.394. The Hall–Kier alpha value is -1.14. The fraction of sp³-hybridized carbons (Fsp3) is 0.500. The average molecular weight is 426 g/mol. The van der Waals surface area contributed by atoms with Crippen molar-refractivity contribution in [1.82, 2.24) is 14.8 Å². The molecule has 2 atom stereocenters. The third kappa shape index (κ3) is 3.63. The van der Waals surface area contributed by atoms with Gasteiger partial charge in [-0.15, -0.1) is 23.7 Å². The van der Waals surface area contributed by atoms with Crippen molar-refractivity contribution in [3.05, 3.63) is 40.4 Å². The molecule has 4 nitrogen and oxygen atoms in total. The maximum absolute atomic E-state index is 13.1. The molecular weight excluding hydrogens is 401 g/mol. The molecule has 3 heterocycles. The fourth-order valence-electron chi connectivity index (χ4n) is 4.27. The molecule has 4 rings (SSSR count). The van der Waals surface area contributed by atoms with E-state index in [9.17, 15) is 4.79 Å². The number of thiazole rings is 1. The molecule has 2 aromatic rings. The highest BCUT2D eigenvalue weighted by Crippen LogP contribution is 2.44. The van der Waals surface area contributed by atoms with Gasteiger partial charge in [-0.2, -0.15) is 0 Å². The number of halogens is 2. The van der Waals surface area contributed by atoms with Crippen LogP contribution in [0.25, 0.3) is 10.6 Å². The molecule has 0 bridgehead atoms. The number of piperidine rings is 1. The highest BCUT2D eigenvalue weighted by Gasteiger charge is 2.51. The van der Waals surface area contributed by atoms with Gasteiger partial charge >= 0.3 is 0 Å². The van der Waals surface area contributed by atoms with E-state index in [1.165, 1.54) is 19.3 Å². The van der Waals surface area contributed by atoms with Crippen LogP contribution in [0, 0.1) is 0 Å². The van der Waals surface area contributed by atoms with Gasteiger partial charge in [0.2, 0.25) is 5.91 Å². The predicted octanol–water partition coefficient (Wildman–Crippen LogP) is 5.03. The Morgan fingerprint density at radius 2 is 1.93 bits per heavy atom. The third-order valence-corrected chi connectivity index (χ3v) is 7.31. The lowest BCUT2D eigenvalue weighted by Crippen LogP contribution is -2.53. The number of nitrogens with zero attached hydrogens (tertiary/aromatic N) is 3. The number of carbonyl (C=O) groups is 1. The van der Waals surface area contributed by atoms with Crippen LogP contribution in [0.4, 0.5) is 0 Å². The summed E-state index contributed by atoms with van der Waals surface area (Å²) < 4.78 is 0. The molecule has 146 valence electrons. The summed E-state index contributed by atoms with van der Waals surface area (Å²) in [6.45, 7) is 4.17. The van der Waals surface area contributed by atoms with Crippen LogP contribution in [-0.4, -0.2) is 46.4 Å². The van der Waals surface area contributed by atoms with Crippen molar-refractivity contribution in [2.75, 3.05) is 20.1 Å². The summed E-state index contributed by atoms with van der Waals surface area (Å²) in [6, 6.07) is 7.86. The highest BCUT2D eigenvalue weighted by atomic mass is 35.5. The van der Waals surface area contributed by atoms with Crippen molar-refractivity contribution in [2.24, 2.45) is 0 Å². The number of hydrogen-bond donors (Lipinski definition) is 0. The maximum Gasteiger partial charge on any atom is 0.243 e. The molecule has 0 spiro atoms. The lowest BCUT2D eigenvalue weighted by Gasteiger charge is -2.39. The van der Waals surface area contributed by atoms with Crippen LogP contribution in [0.15, 0.2) is 30.5 Å². The number of carbonyl (C=O) groups excluding carboxylic acids is 1. The van der Waals surface area contributed by atoms with Gasteiger partial charge in [0.15, 0.2) is 0 Å². The molecule has 0 N–H and O–H groups in total. The number of likely N-dealkylation sites (N-methyl/N-ethyl adjacent to an activating group) is 1. The van der Waals surface area contributed by atoms with Crippen molar-refractivity contribution in [3.63, 3.8) is 0 Å². The first-order valence-corrected chi connectivity index (χ1v) is 10.4. The van der Waals surface area contributed by atoms with E-state index in [0.29, 0.717) is 5.02 Å². The molecule has 0 saturated carbocycles. The molecule has 7 heteroatoms. The van der Waals surface area contributed by atoms with Crippen molar-refractivity contribution < 1.29 is 4.79 Å². The molecule has 2 saturated heterocycles. The second-order valence-electron chi connectivity index (χ2n) is 7.51. The molecule has 1 aromatic heterocycles. The molecule has 2 fully saturated rings. The SMILES string of the molecule is CN1C(=O)C(C)(N2CCCCC2)CC1c1cnc(-c2ccccc2Cl)s1.Cl. The van der Waals surface area contributed by atoms with Gasteiger partial charge in [-0.3, -0.25) is 9.69 Å². The summed E-state index contributed by atoms with van der Waals surface area (Å²) in [5, 5.41) is 1.63. The smallest absolute Gasteiger partial charge is 0.243 e. The quantitative estimate of drug-likeness (QED) is 0.691. The fourth-order valence-corrected chi connectivity index (χ4v) is 5.65. The second-order valence-corrected chi connectivity index (χ2v) is 8.97. The summed E-state index contributed by atoms with van der Waals surface area (Å²) in [4.78, 5) is 23.1. The van der Waals surface area contributed by atoms with Crippen LogP contribution in [0.1, 0.15) is 43.5 Å². The zero-order chi connectivity index (χ0) is 18.3. The van der Waals surface area contributed by atoms with Gasteiger partial charge in [0, 0.05) is 23.7 Å². The molecule has 27 heavy (non-hydrogen) atoms. The van der Waals surface area contributed by atoms with Crippen LogP contribution in [0.3, 0.4) is 0 Å². The van der Waals surface area contributed by atoms with Gasteiger partial charge in [-0.1, -0.05) is 36.2 Å². The minimum Gasteiger partial charge on any atom is -0.336 e. The Kier molecular flexibility index (Phi) is 6.16. The number of benzene rings is 1. The van der Waals surface area contributed by atoms with E-state index >= 15 is 0 Å². The zero-order valence-electron chi connectivity index (χ0n) is 15.7. The predicted molar refractivity (Wildman–Crippen MR) is 114 cm³/mol. The topological polar surface area (TPSA) is 36.4 Å². The normalized spacial score (nSPS) is 26.3. The number of amides is 1. The van der Waals surface area contributed by atoms with E-state index in [0.717, 1.165) is 35.0 Å². The number of rotatable bonds is 3. The molecule has 2 aliphatic rings. The first-order chi connectivity index (χ1) is 12.5. The maximum atomic E-state index is 13.1. The Morgan fingerprint density at radius 3 is 2.63 bits per heavy atom. The van der Waals surface area contributed by atoms with Gasteiger partial charge in [0.05, 0.1) is 11.1 Å². The van der Waals surface area contributed by atoms with Gasteiger partial charge in [0.1, 0.15) is 10.5 Å². The van der Waals surface area contributed by atoms with Gasteiger partial charge in [0.25, 0.3) is 0 Å². The summed E-state index contributed by atoms with van der Waals surface area (Å²) in [6.07, 6.45) is 6.39. The lowest BCUT2D eigenvalue weighted by molar-refractivity contribution is -0.137. The third-order valence-electron chi connectivity index (χ3n) is 5.85. The first kappa shape index (κ1) is 20.6. The van der Waals surface area contributed by atoms with Crippen molar-refractivity contribution in [2.45, 2.75) is 44.2 Å². The number of aromatic nitrogens is 1. The van der Waals surface area contributed by atoms with Crippen LogP contribution < -0.4 is 0 Å². The lowest BCUT2D eigenvalue weighted by atomic mass is 9.92. The molecular formula is C20H25Cl2N3OS. The van der Waals surface area contributed by atoms with E-state index < -0.39 is 5.54 Å². The summed E-state index contributed by atoms with van der Waals surface area (Å²) in [7, 11) is 1.93. The molecule has 0 aliphatic carbocycles. The van der Waals surface area contributed by atoms with E-state index in [2.05, 4.69) is 16.8 Å². The molecule has 0 radical (unpaired) electrons. The van der Waals surface area contributed by atoms with Crippen LogP contribution in [0.5, 0.6) is 0 Å². The Bertz CT molecular complexity index is 821. The van der Waals surface area contributed by atoms with Gasteiger partial charge in [-0.05, 0) is 45.3 Å². The van der Waals surface area contributed by atoms with Crippen molar-refractivity contribution in [1.29, 1.82) is 0 Å². The molecule has 1 amide bonds. The first-order valence-electron chi connectivity index (χ1n) is 9.23. The van der Waals surface area contributed by atoms with E-state index in [1.807, 2.05) is 42.4 Å². The van der Waals surface area contributed by atoms with Crippen molar-refractivity contribution in [3.8, 4) is 10.6 Å². The Balaban J connectivity index is 0.00000210. The Morgan fingerprint density at radius 1 is 1.22 bits per heavy atom. The van der Waals surface area contributed by atoms with E-state index in [4.69, 9.17) is 11.6 Å². The largest absolute Gasteiger partial charge is 0.336 e. The van der Waals surface area contributed by atoms with Crippen LogP contribution in [0.2, 0.25) is 5.02 Å². The second kappa shape index (κ2) is 8.08. The molecule has 2 unspecified atom stereocenters.